The number of rotatable bonds is 6. The Hall–Kier alpha value is -1.90. The van der Waals surface area contributed by atoms with Crippen molar-refractivity contribution in [3.8, 4) is 0 Å². The molecule has 3 rings (SSSR count). The van der Waals surface area contributed by atoms with Gasteiger partial charge >= 0.3 is 0 Å². The molecule has 2 aromatic rings. The zero-order valence-corrected chi connectivity index (χ0v) is 17.3. The Morgan fingerprint density at radius 3 is 2.11 bits per heavy atom. The second kappa shape index (κ2) is 7.26. The van der Waals surface area contributed by atoms with Crippen molar-refractivity contribution in [3.63, 3.8) is 0 Å². The van der Waals surface area contributed by atoms with Gasteiger partial charge in [0, 0.05) is 19.6 Å². The first kappa shape index (κ1) is 19.9. The molecule has 2 aromatic carbocycles. The first-order valence-corrected chi connectivity index (χ1v) is 11.8. The first-order valence-electron chi connectivity index (χ1n) is 8.94. The number of sulfonamides is 2. The fourth-order valence-corrected chi connectivity index (χ4v) is 6.32. The topological polar surface area (TPSA) is 74.8 Å². The molecule has 1 aliphatic rings. The van der Waals surface area contributed by atoms with Crippen LogP contribution in [-0.4, -0.2) is 40.8 Å². The maximum atomic E-state index is 13.0. The van der Waals surface area contributed by atoms with Crippen LogP contribution in [0.2, 0.25) is 0 Å². The highest BCUT2D eigenvalue weighted by Gasteiger charge is 2.32. The van der Waals surface area contributed by atoms with Gasteiger partial charge in [-0.1, -0.05) is 31.5 Å². The summed E-state index contributed by atoms with van der Waals surface area (Å²) in [5.74, 6) is 0. The number of fused-ring (bicyclic) bond motifs is 1. The number of aryl methyl sites for hydroxylation is 1. The monoisotopic (exact) mass is 408 g/mol. The van der Waals surface area contributed by atoms with E-state index in [2.05, 4.69) is 0 Å². The van der Waals surface area contributed by atoms with E-state index in [4.69, 9.17) is 0 Å². The van der Waals surface area contributed by atoms with Crippen LogP contribution >= 0.6 is 0 Å². The van der Waals surface area contributed by atoms with Gasteiger partial charge in [0.1, 0.15) is 0 Å². The molecular weight excluding hydrogens is 384 g/mol. The van der Waals surface area contributed by atoms with E-state index in [0.717, 1.165) is 11.1 Å². The van der Waals surface area contributed by atoms with E-state index in [0.29, 0.717) is 31.7 Å². The molecule has 6 nitrogen and oxygen atoms in total. The minimum absolute atomic E-state index is 0.208. The number of hydrogen-bond acceptors (Lipinski definition) is 4. The van der Waals surface area contributed by atoms with Crippen LogP contribution in [0.3, 0.4) is 0 Å². The molecule has 0 aromatic heterocycles. The Kier molecular flexibility index (Phi) is 5.33. The quantitative estimate of drug-likeness (QED) is 0.737. The molecule has 1 heterocycles. The number of hydrogen-bond donors (Lipinski definition) is 0. The first-order chi connectivity index (χ1) is 12.7. The highest BCUT2D eigenvalue weighted by atomic mass is 32.2. The van der Waals surface area contributed by atoms with E-state index in [1.54, 1.807) is 50.2 Å². The van der Waals surface area contributed by atoms with Crippen LogP contribution in [0.4, 0.5) is 5.69 Å². The molecule has 146 valence electrons. The number of anilines is 1. The lowest BCUT2D eigenvalue weighted by Gasteiger charge is -2.21. The highest BCUT2D eigenvalue weighted by Crippen LogP contribution is 2.35. The average molecular weight is 409 g/mol. The van der Waals surface area contributed by atoms with Gasteiger partial charge in [-0.2, -0.15) is 4.31 Å². The minimum atomic E-state index is -3.67. The van der Waals surface area contributed by atoms with E-state index in [1.165, 1.54) is 14.7 Å². The molecule has 1 aliphatic heterocycles. The van der Waals surface area contributed by atoms with Gasteiger partial charge in [0.25, 0.3) is 10.0 Å². The lowest BCUT2D eigenvalue weighted by atomic mass is 10.2. The van der Waals surface area contributed by atoms with Crippen LogP contribution in [0.15, 0.2) is 52.3 Å². The predicted octanol–water partition coefficient (Wildman–Crippen LogP) is 2.78. The third kappa shape index (κ3) is 3.49. The van der Waals surface area contributed by atoms with Crippen LogP contribution in [0.1, 0.15) is 25.0 Å². The van der Waals surface area contributed by atoms with Crippen molar-refractivity contribution in [3.05, 3.63) is 53.6 Å². The van der Waals surface area contributed by atoms with Crippen LogP contribution in [0.25, 0.3) is 0 Å². The molecule has 27 heavy (non-hydrogen) atoms. The van der Waals surface area contributed by atoms with Crippen LogP contribution in [-0.2, 0) is 26.5 Å². The Morgan fingerprint density at radius 1 is 0.926 bits per heavy atom. The molecule has 0 bridgehead atoms. The van der Waals surface area contributed by atoms with Crippen molar-refractivity contribution >= 4 is 25.7 Å². The molecular formula is C19H24N2O4S2. The molecule has 0 fully saturated rings. The highest BCUT2D eigenvalue weighted by molar-refractivity contribution is 7.92. The van der Waals surface area contributed by atoms with Gasteiger partial charge in [-0.05, 0) is 49.2 Å². The largest absolute Gasteiger partial charge is 0.266 e. The van der Waals surface area contributed by atoms with Gasteiger partial charge in [-0.3, -0.25) is 4.31 Å². The van der Waals surface area contributed by atoms with Gasteiger partial charge in [-0.25, -0.2) is 16.8 Å². The maximum absolute atomic E-state index is 13.0. The summed E-state index contributed by atoms with van der Waals surface area (Å²) in [6.07, 6.45) is 0.488. The molecule has 0 radical (unpaired) electrons. The molecule has 8 heteroatoms. The van der Waals surface area contributed by atoms with Crippen molar-refractivity contribution in [1.29, 1.82) is 0 Å². The standard InChI is InChI=1S/C19H24N2O4S2/c1-4-20(5-2)26(22,23)18-10-11-19-16(14-18)12-13-21(19)27(24,25)17-8-6-15(3)7-9-17/h6-11,14H,4-5,12-13H2,1-3H3. The Morgan fingerprint density at radius 2 is 1.52 bits per heavy atom. The van der Waals surface area contributed by atoms with E-state index in [9.17, 15) is 16.8 Å². The lowest BCUT2D eigenvalue weighted by Crippen LogP contribution is -2.30. The summed E-state index contributed by atoms with van der Waals surface area (Å²) in [5, 5.41) is 0. The molecule has 0 amide bonds. The Labute approximate surface area is 161 Å². The molecule has 0 saturated carbocycles. The number of benzene rings is 2. The zero-order chi connectivity index (χ0) is 19.8. The Balaban J connectivity index is 1.99. The van der Waals surface area contributed by atoms with Gasteiger partial charge < -0.3 is 0 Å². The summed E-state index contributed by atoms with van der Waals surface area (Å²) in [4.78, 5) is 0.445. The third-order valence-corrected chi connectivity index (χ3v) is 8.73. The number of nitrogens with zero attached hydrogens (tertiary/aromatic N) is 2. The van der Waals surface area contributed by atoms with Gasteiger partial charge in [0.15, 0.2) is 0 Å². The summed E-state index contributed by atoms with van der Waals surface area (Å²) >= 11 is 0. The fourth-order valence-electron chi connectivity index (χ4n) is 3.31. The van der Waals surface area contributed by atoms with Crippen molar-refractivity contribution < 1.29 is 16.8 Å². The zero-order valence-electron chi connectivity index (χ0n) is 15.7. The SMILES string of the molecule is CCN(CC)S(=O)(=O)c1ccc2c(c1)CCN2S(=O)(=O)c1ccc(C)cc1. The Bertz CT molecular complexity index is 1040. The van der Waals surface area contributed by atoms with Gasteiger partial charge in [-0.15, -0.1) is 0 Å². The van der Waals surface area contributed by atoms with Gasteiger partial charge in [0.2, 0.25) is 10.0 Å². The summed E-state index contributed by atoms with van der Waals surface area (Å²) in [5.41, 5.74) is 2.27. The average Bonchev–Trinajstić information content (AvgIpc) is 3.07. The third-order valence-electron chi connectivity index (χ3n) is 4.86. The maximum Gasteiger partial charge on any atom is 0.264 e. The summed E-state index contributed by atoms with van der Waals surface area (Å²) < 4.78 is 54.2. The van der Waals surface area contributed by atoms with Crippen LogP contribution in [0.5, 0.6) is 0 Å². The summed E-state index contributed by atoms with van der Waals surface area (Å²) in [6, 6.07) is 11.4. The molecule has 0 aliphatic carbocycles. The molecule has 0 atom stereocenters. The van der Waals surface area contributed by atoms with Crippen LogP contribution in [0, 0.1) is 6.92 Å². The summed E-state index contributed by atoms with van der Waals surface area (Å²) in [7, 11) is -7.24. The second-order valence-electron chi connectivity index (χ2n) is 6.52. The van der Waals surface area contributed by atoms with Crippen molar-refractivity contribution in [2.75, 3.05) is 23.9 Å². The van der Waals surface area contributed by atoms with Gasteiger partial charge in [0.05, 0.1) is 15.5 Å². The smallest absolute Gasteiger partial charge is 0.264 e. The van der Waals surface area contributed by atoms with E-state index in [-0.39, 0.29) is 9.79 Å². The minimum Gasteiger partial charge on any atom is -0.266 e. The molecule has 0 N–H and O–H groups in total. The van der Waals surface area contributed by atoms with Crippen molar-refractivity contribution in [2.24, 2.45) is 0 Å². The fraction of sp³-hybridized carbons (Fsp3) is 0.368. The van der Waals surface area contributed by atoms with Crippen molar-refractivity contribution in [2.45, 2.75) is 37.0 Å². The van der Waals surface area contributed by atoms with Crippen molar-refractivity contribution in [1.82, 2.24) is 4.31 Å². The van der Waals surface area contributed by atoms with E-state index < -0.39 is 20.0 Å². The normalized spacial score (nSPS) is 14.6. The lowest BCUT2D eigenvalue weighted by molar-refractivity contribution is 0.445. The molecule has 0 unspecified atom stereocenters. The summed E-state index contributed by atoms with van der Waals surface area (Å²) in [6.45, 7) is 6.59. The van der Waals surface area contributed by atoms with E-state index in [1.807, 2.05) is 6.92 Å². The second-order valence-corrected chi connectivity index (χ2v) is 10.3. The molecule has 0 saturated heterocycles. The predicted molar refractivity (Wildman–Crippen MR) is 106 cm³/mol. The van der Waals surface area contributed by atoms with E-state index >= 15 is 0 Å². The van der Waals surface area contributed by atoms with Crippen LogP contribution < -0.4 is 4.31 Å². The molecule has 0 spiro atoms.